The summed E-state index contributed by atoms with van der Waals surface area (Å²) in [5.41, 5.74) is 1.81. The molecule has 1 N–H and O–H groups in total. The summed E-state index contributed by atoms with van der Waals surface area (Å²) in [6.45, 7) is 13.9. The highest BCUT2D eigenvalue weighted by atomic mass is 28.3. The van der Waals surface area contributed by atoms with Gasteiger partial charge < -0.3 is 4.98 Å². The lowest BCUT2D eigenvalue weighted by atomic mass is 9.88. The minimum Gasteiger partial charge on any atom is -0.322 e. The zero-order chi connectivity index (χ0) is 20.4. The third-order valence-corrected chi connectivity index (χ3v) is 10.1. The van der Waals surface area contributed by atoms with Gasteiger partial charge in [0.1, 0.15) is 0 Å². The number of allylic oxidation sites excluding steroid dienone is 4. The van der Waals surface area contributed by atoms with E-state index in [-0.39, 0.29) is 11.0 Å². The van der Waals surface area contributed by atoms with E-state index in [0.717, 1.165) is 12.8 Å². The summed E-state index contributed by atoms with van der Waals surface area (Å²) < 4.78 is 0. The van der Waals surface area contributed by atoms with Crippen molar-refractivity contribution >= 4 is 18.6 Å². The molecule has 2 aromatic carbocycles. The van der Waals surface area contributed by atoms with Crippen molar-refractivity contribution in [1.29, 1.82) is 0 Å². The van der Waals surface area contributed by atoms with Gasteiger partial charge in [-0.15, -0.1) is 0 Å². The van der Waals surface area contributed by atoms with Crippen molar-refractivity contribution in [2.45, 2.75) is 59.9 Å². The Morgan fingerprint density at radius 2 is 1.29 bits per heavy atom. The molecule has 2 aromatic rings. The molecule has 0 radical (unpaired) electrons. The van der Waals surface area contributed by atoms with Gasteiger partial charge in [-0.3, -0.25) is 0 Å². The lowest BCUT2D eigenvalue weighted by Gasteiger charge is -2.42. The molecular weight excluding hydrogens is 354 g/mol. The normalized spacial score (nSPS) is 15.4. The van der Waals surface area contributed by atoms with Crippen LogP contribution in [0.25, 0.3) is 0 Å². The second kappa shape index (κ2) is 7.85. The van der Waals surface area contributed by atoms with E-state index in [9.17, 15) is 0 Å². The molecule has 0 amide bonds. The first-order valence-electron chi connectivity index (χ1n) is 10.4. The zero-order valence-electron chi connectivity index (χ0n) is 18.3. The molecule has 0 unspecified atom stereocenters. The summed E-state index contributed by atoms with van der Waals surface area (Å²) in [6.07, 6.45) is 6.91. The van der Waals surface area contributed by atoms with Gasteiger partial charge in [-0.2, -0.15) is 0 Å². The quantitative estimate of drug-likeness (QED) is 0.678. The molecule has 0 aliphatic heterocycles. The lowest BCUT2D eigenvalue weighted by molar-refractivity contribution is 0.413. The van der Waals surface area contributed by atoms with Crippen molar-refractivity contribution in [2.75, 3.05) is 0 Å². The van der Waals surface area contributed by atoms with E-state index in [0.29, 0.717) is 0 Å². The SMILES string of the molecule is CC(C)(C)CC1=C([Si](NC(C)(C)C)(c2ccccc2)c2ccccc2)CC=C1. The minimum atomic E-state index is -2.35. The first-order chi connectivity index (χ1) is 13.1. The van der Waals surface area contributed by atoms with Crippen LogP contribution in [0.3, 0.4) is 0 Å². The Balaban J connectivity index is 2.31. The Labute approximate surface area is 172 Å². The number of hydrogen-bond donors (Lipinski definition) is 1. The Morgan fingerprint density at radius 3 is 1.71 bits per heavy atom. The molecule has 0 saturated heterocycles. The maximum atomic E-state index is 4.20. The van der Waals surface area contributed by atoms with Crippen molar-refractivity contribution in [3.8, 4) is 0 Å². The highest BCUT2D eigenvalue weighted by Gasteiger charge is 2.45. The van der Waals surface area contributed by atoms with Crippen LogP contribution in [0.5, 0.6) is 0 Å². The zero-order valence-corrected chi connectivity index (χ0v) is 19.3. The molecule has 1 nitrogen and oxygen atoms in total. The van der Waals surface area contributed by atoms with E-state index in [1.165, 1.54) is 15.9 Å². The molecule has 28 heavy (non-hydrogen) atoms. The molecule has 1 aliphatic rings. The van der Waals surface area contributed by atoms with Crippen molar-refractivity contribution in [3.63, 3.8) is 0 Å². The van der Waals surface area contributed by atoms with Crippen molar-refractivity contribution < 1.29 is 0 Å². The third kappa shape index (κ3) is 4.56. The first-order valence-corrected chi connectivity index (χ1v) is 12.4. The fraction of sp³-hybridized carbons (Fsp3) is 0.385. The van der Waals surface area contributed by atoms with Crippen LogP contribution < -0.4 is 15.4 Å². The summed E-state index contributed by atoms with van der Waals surface area (Å²) in [7, 11) is -2.35. The molecule has 1 aliphatic carbocycles. The van der Waals surface area contributed by atoms with Gasteiger partial charge in [-0.05, 0) is 49.4 Å². The average Bonchev–Trinajstić information content (AvgIpc) is 3.07. The molecule has 2 heteroatoms. The topological polar surface area (TPSA) is 12.0 Å². The van der Waals surface area contributed by atoms with Gasteiger partial charge in [0.25, 0.3) is 0 Å². The van der Waals surface area contributed by atoms with Crippen LogP contribution in [0.2, 0.25) is 0 Å². The van der Waals surface area contributed by atoms with Crippen molar-refractivity contribution in [1.82, 2.24) is 4.98 Å². The van der Waals surface area contributed by atoms with Gasteiger partial charge in [-0.1, -0.05) is 104 Å². The van der Waals surface area contributed by atoms with E-state index >= 15 is 0 Å². The molecule has 0 bridgehead atoms. The molecule has 0 heterocycles. The number of benzene rings is 2. The summed E-state index contributed by atoms with van der Waals surface area (Å²) in [5.74, 6) is 0. The molecule has 148 valence electrons. The maximum absolute atomic E-state index is 4.20. The molecule has 0 saturated carbocycles. The number of rotatable bonds is 5. The van der Waals surface area contributed by atoms with Gasteiger partial charge in [0.05, 0.1) is 0 Å². The molecule has 0 spiro atoms. The van der Waals surface area contributed by atoms with Crippen LogP contribution in [0, 0.1) is 5.41 Å². The number of nitrogens with one attached hydrogen (secondary N) is 1. The summed E-state index contributed by atoms with van der Waals surface area (Å²) in [5, 5.41) is 4.51. The molecule has 3 rings (SSSR count). The van der Waals surface area contributed by atoms with Gasteiger partial charge in [0.15, 0.2) is 0 Å². The van der Waals surface area contributed by atoms with Crippen molar-refractivity contribution in [2.24, 2.45) is 5.41 Å². The van der Waals surface area contributed by atoms with Crippen LogP contribution in [0.15, 0.2) is 83.6 Å². The summed E-state index contributed by atoms with van der Waals surface area (Å²) >= 11 is 0. The standard InChI is InChI=1S/C26H35NSi/c1-25(2,3)20-21-14-13-19-24(21)28(27-26(4,5)6,22-15-9-7-10-16-22)23-17-11-8-12-18-23/h7-18,27H,19-20H2,1-6H3. The summed E-state index contributed by atoms with van der Waals surface area (Å²) in [4.78, 5) is 4.20. The molecule has 0 fully saturated rings. The smallest absolute Gasteiger partial charge is 0.219 e. The largest absolute Gasteiger partial charge is 0.322 e. The van der Waals surface area contributed by atoms with Gasteiger partial charge in [-0.25, -0.2) is 0 Å². The van der Waals surface area contributed by atoms with E-state index < -0.39 is 8.24 Å². The third-order valence-electron chi connectivity index (χ3n) is 5.18. The Morgan fingerprint density at radius 1 is 0.786 bits per heavy atom. The van der Waals surface area contributed by atoms with Crippen LogP contribution in [-0.4, -0.2) is 13.8 Å². The number of hydrogen-bond acceptors (Lipinski definition) is 1. The monoisotopic (exact) mass is 389 g/mol. The van der Waals surface area contributed by atoms with E-state index in [1.807, 2.05) is 0 Å². The van der Waals surface area contributed by atoms with Gasteiger partial charge in [0, 0.05) is 5.54 Å². The minimum absolute atomic E-state index is 0.0142. The van der Waals surface area contributed by atoms with Gasteiger partial charge >= 0.3 is 0 Å². The van der Waals surface area contributed by atoms with E-state index in [1.54, 1.807) is 5.20 Å². The second-order valence-corrected chi connectivity index (χ2v) is 13.7. The first kappa shape index (κ1) is 20.8. The summed E-state index contributed by atoms with van der Waals surface area (Å²) in [6, 6.07) is 22.3. The molecular formula is C26H35NSi. The lowest BCUT2D eigenvalue weighted by Crippen LogP contribution is -2.74. The van der Waals surface area contributed by atoms with Crippen molar-refractivity contribution in [3.05, 3.63) is 83.6 Å². The van der Waals surface area contributed by atoms with E-state index in [4.69, 9.17) is 0 Å². The van der Waals surface area contributed by atoms with Gasteiger partial charge in [0.2, 0.25) is 8.24 Å². The maximum Gasteiger partial charge on any atom is 0.219 e. The van der Waals surface area contributed by atoms with Crippen LogP contribution in [0.4, 0.5) is 0 Å². The Bertz CT molecular complexity index is 809. The fourth-order valence-electron chi connectivity index (χ4n) is 4.36. The fourth-order valence-corrected chi connectivity index (χ4v) is 9.41. The van der Waals surface area contributed by atoms with Crippen LogP contribution in [0.1, 0.15) is 54.4 Å². The Kier molecular flexibility index (Phi) is 5.83. The second-order valence-electron chi connectivity index (χ2n) is 10.2. The highest BCUT2D eigenvalue weighted by molar-refractivity contribution is 7.05. The van der Waals surface area contributed by atoms with E-state index in [2.05, 4.69) is 119 Å². The Hall–Kier alpha value is -1.90. The van der Waals surface area contributed by atoms with Crippen LogP contribution in [-0.2, 0) is 0 Å². The average molecular weight is 390 g/mol. The highest BCUT2D eigenvalue weighted by Crippen LogP contribution is 2.35. The molecule has 0 atom stereocenters. The predicted octanol–water partition coefficient (Wildman–Crippen LogP) is 5.37. The van der Waals surface area contributed by atoms with Crippen LogP contribution >= 0.6 is 0 Å². The predicted molar refractivity (Wildman–Crippen MR) is 126 cm³/mol. The molecule has 0 aromatic heterocycles.